The average Bonchev–Trinajstić information content (AvgIpc) is 3.20. The summed E-state index contributed by atoms with van der Waals surface area (Å²) in [6, 6.07) is 0. The SMILES string of the molecule is CC(=O)OC1CCc2c(Cl)nc(Cl)nc21.CC(=O)OC1CCc2c1[nH]c(=O)[nH]c2=O. The zero-order valence-electron chi connectivity index (χ0n) is 16.1. The minimum atomic E-state index is -0.571. The smallest absolute Gasteiger partial charge is 0.326 e. The van der Waals surface area contributed by atoms with E-state index in [9.17, 15) is 19.2 Å². The third kappa shape index (κ3) is 4.88. The van der Waals surface area contributed by atoms with E-state index in [0.717, 1.165) is 5.56 Å². The van der Waals surface area contributed by atoms with Crippen LogP contribution in [0.15, 0.2) is 9.59 Å². The van der Waals surface area contributed by atoms with Crippen LogP contribution in [-0.4, -0.2) is 31.9 Å². The number of aromatic amines is 2. The summed E-state index contributed by atoms with van der Waals surface area (Å²) in [4.78, 5) is 56.5. The molecule has 0 radical (unpaired) electrons. The summed E-state index contributed by atoms with van der Waals surface area (Å²) in [5.41, 5.74) is 1.42. The van der Waals surface area contributed by atoms with Gasteiger partial charge in [0.2, 0.25) is 5.28 Å². The number of halogens is 2. The molecule has 2 aliphatic carbocycles. The van der Waals surface area contributed by atoms with Gasteiger partial charge in [-0.3, -0.25) is 19.4 Å². The molecule has 2 unspecified atom stereocenters. The highest BCUT2D eigenvalue weighted by Gasteiger charge is 2.30. The van der Waals surface area contributed by atoms with Gasteiger partial charge in [-0.1, -0.05) is 11.6 Å². The number of esters is 2. The van der Waals surface area contributed by atoms with Crippen molar-refractivity contribution in [3.05, 3.63) is 53.8 Å². The molecule has 0 aromatic carbocycles. The molecule has 2 aromatic heterocycles. The second-order valence-electron chi connectivity index (χ2n) is 6.72. The molecule has 0 amide bonds. The molecule has 160 valence electrons. The van der Waals surface area contributed by atoms with E-state index in [1.165, 1.54) is 13.8 Å². The normalized spacial score (nSPS) is 18.7. The van der Waals surface area contributed by atoms with Crippen LogP contribution >= 0.6 is 23.2 Å². The lowest BCUT2D eigenvalue weighted by molar-refractivity contribution is -0.147. The Morgan fingerprint density at radius 1 is 0.933 bits per heavy atom. The molecule has 2 heterocycles. The number of aromatic nitrogens is 4. The summed E-state index contributed by atoms with van der Waals surface area (Å²) in [6.07, 6.45) is 1.62. The molecule has 30 heavy (non-hydrogen) atoms. The van der Waals surface area contributed by atoms with Gasteiger partial charge in [0.15, 0.2) is 0 Å². The van der Waals surface area contributed by atoms with Crippen molar-refractivity contribution in [1.29, 1.82) is 0 Å². The maximum absolute atomic E-state index is 11.3. The van der Waals surface area contributed by atoms with Crippen molar-refractivity contribution < 1.29 is 19.1 Å². The lowest BCUT2D eigenvalue weighted by Gasteiger charge is -2.10. The van der Waals surface area contributed by atoms with Crippen LogP contribution in [0.5, 0.6) is 0 Å². The van der Waals surface area contributed by atoms with E-state index in [2.05, 4.69) is 19.9 Å². The Morgan fingerprint density at radius 2 is 1.53 bits per heavy atom. The van der Waals surface area contributed by atoms with Gasteiger partial charge in [0, 0.05) is 25.0 Å². The molecule has 0 saturated carbocycles. The largest absolute Gasteiger partial charge is 0.456 e. The molecule has 12 heteroatoms. The monoisotopic (exact) mass is 456 g/mol. The highest BCUT2D eigenvalue weighted by molar-refractivity contribution is 6.32. The van der Waals surface area contributed by atoms with Crippen molar-refractivity contribution in [2.24, 2.45) is 0 Å². The molecule has 4 rings (SSSR count). The van der Waals surface area contributed by atoms with E-state index >= 15 is 0 Å². The van der Waals surface area contributed by atoms with E-state index in [1.54, 1.807) is 0 Å². The summed E-state index contributed by atoms with van der Waals surface area (Å²) >= 11 is 11.6. The maximum atomic E-state index is 11.3. The predicted molar refractivity (Wildman–Crippen MR) is 105 cm³/mol. The lowest BCUT2D eigenvalue weighted by Crippen LogP contribution is -2.26. The number of nitrogens with zero attached hydrogens (tertiary/aromatic N) is 2. The molecular formula is C18H18Cl2N4O6. The van der Waals surface area contributed by atoms with Crippen LogP contribution in [0.25, 0.3) is 0 Å². The van der Waals surface area contributed by atoms with Crippen molar-refractivity contribution in [2.75, 3.05) is 0 Å². The van der Waals surface area contributed by atoms with Gasteiger partial charge >= 0.3 is 17.6 Å². The van der Waals surface area contributed by atoms with Gasteiger partial charge in [-0.15, -0.1) is 0 Å². The fourth-order valence-corrected chi connectivity index (χ4v) is 3.95. The highest BCUT2D eigenvalue weighted by Crippen LogP contribution is 2.36. The highest BCUT2D eigenvalue weighted by atomic mass is 35.5. The third-order valence-electron chi connectivity index (χ3n) is 4.59. The Bertz CT molecular complexity index is 1110. The van der Waals surface area contributed by atoms with Crippen LogP contribution in [0.2, 0.25) is 10.4 Å². The summed E-state index contributed by atoms with van der Waals surface area (Å²) in [5.74, 6) is -0.757. The summed E-state index contributed by atoms with van der Waals surface area (Å²) in [6.45, 7) is 2.66. The molecule has 0 fully saturated rings. The number of ether oxygens (including phenoxy) is 2. The van der Waals surface area contributed by atoms with Gasteiger partial charge in [-0.25, -0.2) is 14.8 Å². The van der Waals surface area contributed by atoms with Crippen molar-refractivity contribution >= 4 is 35.1 Å². The molecule has 10 nitrogen and oxygen atoms in total. The summed E-state index contributed by atoms with van der Waals surface area (Å²) in [5, 5.41) is 0.428. The third-order valence-corrected chi connectivity index (χ3v) is 5.07. The van der Waals surface area contributed by atoms with Gasteiger partial charge in [0.1, 0.15) is 17.4 Å². The fraction of sp³-hybridized carbons (Fsp3) is 0.444. The Balaban J connectivity index is 0.000000171. The topological polar surface area (TPSA) is 144 Å². The molecule has 0 bridgehead atoms. The predicted octanol–water partition coefficient (Wildman–Crippen LogP) is 1.95. The Hall–Kier alpha value is -2.72. The Morgan fingerprint density at radius 3 is 2.20 bits per heavy atom. The Kier molecular flexibility index (Phi) is 6.57. The van der Waals surface area contributed by atoms with Crippen LogP contribution < -0.4 is 11.2 Å². The fourth-order valence-electron chi connectivity index (χ4n) is 3.46. The van der Waals surface area contributed by atoms with Gasteiger partial charge in [-0.05, 0) is 37.3 Å². The number of H-pyrrole nitrogens is 2. The first-order valence-corrected chi connectivity index (χ1v) is 9.83. The van der Waals surface area contributed by atoms with Crippen molar-refractivity contribution in [1.82, 2.24) is 19.9 Å². The molecule has 2 N–H and O–H groups in total. The minimum absolute atomic E-state index is 0.0813. The van der Waals surface area contributed by atoms with Gasteiger partial charge < -0.3 is 14.5 Å². The van der Waals surface area contributed by atoms with Crippen molar-refractivity contribution in [2.45, 2.75) is 51.7 Å². The van der Waals surface area contributed by atoms with Crippen LogP contribution in [0, 0.1) is 0 Å². The standard InChI is InChI=1S/C9H8Cl2N2O2.C9H10N2O4/c1-4(14)15-6-3-2-5-7(6)12-9(11)13-8(5)10;1-4(12)15-6-3-2-5-7(6)10-9(14)11-8(5)13/h6H,2-3H2,1H3;6H,2-3H2,1H3,(H2,10,11,13,14). The summed E-state index contributed by atoms with van der Waals surface area (Å²) in [7, 11) is 0. The van der Waals surface area contributed by atoms with Gasteiger partial charge in [0.25, 0.3) is 5.56 Å². The van der Waals surface area contributed by atoms with Crippen LogP contribution in [0.3, 0.4) is 0 Å². The number of fused-ring (bicyclic) bond motifs is 2. The maximum Gasteiger partial charge on any atom is 0.326 e. The second kappa shape index (κ2) is 8.97. The number of carbonyl (C=O) groups is 2. The van der Waals surface area contributed by atoms with Gasteiger partial charge in [0.05, 0.1) is 11.4 Å². The first-order valence-electron chi connectivity index (χ1n) is 9.07. The zero-order valence-corrected chi connectivity index (χ0v) is 17.6. The van der Waals surface area contributed by atoms with E-state index in [-0.39, 0.29) is 17.4 Å². The van der Waals surface area contributed by atoms with E-state index in [4.69, 9.17) is 32.7 Å². The molecule has 2 aliphatic rings. The van der Waals surface area contributed by atoms with E-state index < -0.39 is 23.3 Å². The number of hydrogen-bond donors (Lipinski definition) is 2. The lowest BCUT2D eigenvalue weighted by atomic mass is 10.2. The summed E-state index contributed by atoms with van der Waals surface area (Å²) < 4.78 is 10.1. The van der Waals surface area contributed by atoms with Crippen LogP contribution in [0.1, 0.15) is 61.4 Å². The van der Waals surface area contributed by atoms with Crippen molar-refractivity contribution in [3.8, 4) is 0 Å². The second-order valence-corrected chi connectivity index (χ2v) is 7.42. The Labute approximate surface area is 179 Å². The molecular weight excluding hydrogens is 439 g/mol. The quantitative estimate of drug-likeness (QED) is 0.396. The van der Waals surface area contributed by atoms with Gasteiger partial charge in [-0.2, -0.15) is 0 Å². The van der Waals surface area contributed by atoms with E-state index in [1.807, 2.05) is 0 Å². The molecule has 2 atom stereocenters. The van der Waals surface area contributed by atoms with Crippen molar-refractivity contribution in [3.63, 3.8) is 0 Å². The molecule has 0 aliphatic heterocycles. The average molecular weight is 457 g/mol. The molecule has 0 spiro atoms. The number of carbonyl (C=O) groups excluding carboxylic acids is 2. The zero-order chi connectivity index (χ0) is 22.0. The first-order chi connectivity index (χ1) is 14.2. The number of nitrogens with one attached hydrogen (secondary N) is 2. The minimum Gasteiger partial charge on any atom is -0.456 e. The molecule has 0 saturated heterocycles. The number of rotatable bonds is 2. The first kappa shape index (κ1) is 22.0. The molecule has 2 aromatic rings. The van der Waals surface area contributed by atoms with E-state index in [0.29, 0.717) is 47.8 Å². The number of hydrogen-bond acceptors (Lipinski definition) is 8. The van der Waals surface area contributed by atoms with Crippen LogP contribution in [-0.2, 0) is 31.9 Å². The van der Waals surface area contributed by atoms with Crippen LogP contribution in [0.4, 0.5) is 0 Å².